The monoisotopic (exact) mass is 318 g/mol. The first-order valence-corrected chi connectivity index (χ1v) is 9.81. The van der Waals surface area contributed by atoms with Crippen LogP contribution in [0, 0.1) is 0 Å². The lowest BCUT2D eigenvalue weighted by Gasteiger charge is -2.20. The van der Waals surface area contributed by atoms with Crippen LogP contribution in [0.1, 0.15) is 24.3 Å². The molecule has 1 nitrogen and oxygen atoms in total. The third-order valence-corrected chi connectivity index (χ3v) is 7.62. The van der Waals surface area contributed by atoms with E-state index in [1.807, 2.05) is 60.7 Å². The highest BCUT2D eigenvalue weighted by atomic mass is 31.2. The molecule has 0 aromatic heterocycles. The van der Waals surface area contributed by atoms with Crippen molar-refractivity contribution in [2.75, 3.05) is 0 Å². The summed E-state index contributed by atoms with van der Waals surface area (Å²) in [7, 11) is -2.81. The summed E-state index contributed by atoms with van der Waals surface area (Å²) in [6, 6.07) is 28.1. The molecule has 0 heterocycles. The molecular weight excluding hydrogens is 299 g/mol. The molecule has 2 heteroatoms. The Bertz CT molecular complexity index is 791. The van der Waals surface area contributed by atoms with Crippen LogP contribution in [-0.2, 0) is 4.57 Å². The molecule has 3 aromatic rings. The maximum Gasteiger partial charge on any atom is 0.171 e. The Morgan fingerprint density at radius 3 is 1.48 bits per heavy atom. The first-order valence-electron chi connectivity index (χ1n) is 8.10. The van der Waals surface area contributed by atoms with Crippen molar-refractivity contribution in [3.63, 3.8) is 0 Å². The first-order chi connectivity index (χ1) is 11.3. The van der Waals surface area contributed by atoms with Crippen molar-refractivity contribution in [3.8, 4) is 0 Å². The van der Waals surface area contributed by atoms with Crippen LogP contribution in [0.4, 0.5) is 0 Å². The summed E-state index contributed by atoms with van der Waals surface area (Å²) in [6.07, 6.45) is 2.57. The van der Waals surface area contributed by atoms with E-state index in [4.69, 9.17) is 0 Å². The molecule has 4 rings (SSSR count). The molecule has 1 saturated carbocycles. The third kappa shape index (κ3) is 2.66. The smallest absolute Gasteiger partial charge is 0.171 e. The largest absolute Gasteiger partial charge is 0.309 e. The molecule has 0 unspecified atom stereocenters. The van der Waals surface area contributed by atoms with E-state index in [0.717, 1.165) is 21.8 Å². The first kappa shape index (κ1) is 14.5. The van der Waals surface area contributed by atoms with Gasteiger partial charge < -0.3 is 4.57 Å². The van der Waals surface area contributed by atoms with Gasteiger partial charge in [0, 0.05) is 15.9 Å². The van der Waals surface area contributed by atoms with E-state index in [-0.39, 0.29) is 0 Å². The Morgan fingerprint density at radius 2 is 1.04 bits per heavy atom. The Kier molecular flexibility index (Phi) is 3.67. The standard InChI is InChI=1S/C21H19OP/c22-23(19-7-3-1-4-8-19,20-9-5-2-6-10-20)21-15-13-18(14-16-21)17-11-12-17/h1-10,13-17H,11-12H2. The third-order valence-electron chi connectivity index (χ3n) is 4.55. The Labute approximate surface area is 137 Å². The second-order valence-corrected chi connectivity index (χ2v) is 8.91. The van der Waals surface area contributed by atoms with Gasteiger partial charge in [0.25, 0.3) is 0 Å². The fraction of sp³-hybridized carbons (Fsp3) is 0.143. The molecule has 1 aliphatic rings. The Hall–Kier alpha value is -2.11. The Morgan fingerprint density at radius 1 is 0.609 bits per heavy atom. The molecule has 0 saturated heterocycles. The zero-order valence-electron chi connectivity index (χ0n) is 12.9. The van der Waals surface area contributed by atoms with Crippen molar-refractivity contribution in [3.05, 3.63) is 90.5 Å². The average Bonchev–Trinajstić information content (AvgIpc) is 3.48. The summed E-state index contributed by atoms with van der Waals surface area (Å²) in [5, 5.41) is 2.70. The molecule has 0 N–H and O–H groups in total. The minimum absolute atomic E-state index is 0.719. The van der Waals surface area contributed by atoms with Gasteiger partial charge in [-0.1, -0.05) is 84.9 Å². The zero-order valence-corrected chi connectivity index (χ0v) is 13.8. The molecule has 0 bridgehead atoms. The van der Waals surface area contributed by atoms with Crippen LogP contribution >= 0.6 is 7.14 Å². The number of benzene rings is 3. The summed E-state index contributed by atoms with van der Waals surface area (Å²) in [5.74, 6) is 0.719. The highest BCUT2D eigenvalue weighted by Crippen LogP contribution is 2.44. The van der Waals surface area contributed by atoms with Gasteiger partial charge in [0.15, 0.2) is 7.14 Å². The van der Waals surface area contributed by atoms with Crippen LogP contribution in [0.25, 0.3) is 0 Å². The number of hydrogen-bond donors (Lipinski definition) is 0. The summed E-state index contributed by atoms with van der Waals surface area (Å²) < 4.78 is 14.1. The van der Waals surface area contributed by atoms with Crippen molar-refractivity contribution < 1.29 is 4.57 Å². The lowest BCUT2D eigenvalue weighted by atomic mass is 10.1. The zero-order chi connectivity index (χ0) is 15.7. The van der Waals surface area contributed by atoms with E-state index < -0.39 is 7.14 Å². The van der Waals surface area contributed by atoms with Gasteiger partial charge in [-0.3, -0.25) is 0 Å². The van der Waals surface area contributed by atoms with Crippen LogP contribution in [0.15, 0.2) is 84.9 Å². The minimum atomic E-state index is -2.81. The highest BCUT2D eigenvalue weighted by Gasteiger charge is 2.30. The normalized spacial score (nSPS) is 14.6. The number of hydrogen-bond acceptors (Lipinski definition) is 1. The summed E-state index contributed by atoms with van der Waals surface area (Å²) in [6.45, 7) is 0. The lowest BCUT2D eigenvalue weighted by molar-refractivity contribution is 0.592. The van der Waals surface area contributed by atoms with Crippen LogP contribution in [0.2, 0.25) is 0 Å². The molecule has 0 radical (unpaired) electrons. The molecule has 0 amide bonds. The average molecular weight is 318 g/mol. The lowest BCUT2D eigenvalue weighted by Crippen LogP contribution is -2.24. The molecule has 0 aliphatic heterocycles. The molecule has 0 atom stereocenters. The van der Waals surface area contributed by atoms with E-state index in [2.05, 4.69) is 24.3 Å². The summed E-state index contributed by atoms with van der Waals surface area (Å²) in [5.41, 5.74) is 1.38. The van der Waals surface area contributed by atoms with Crippen LogP contribution in [0.5, 0.6) is 0 Å². The fourth-order valence-corrected chi connectivity index (χ4v) is 5.74. The van der Waals surface area contributed by atoms with Gasteiger partial charge in [-0.05, 0) is 24.3 Å². The van der Waals surface area contributed by atoms with Gasteiger partial charge in [-0.15, -0.1) is 0 Å². The van der Waals surface area contributed by atoms with Crippen molar-refractivity contribution in [1.29, 1.82) is 0 Å². The van der Waals surface area contributed by atoms with Gasteiger partial charge in [-0.2, -0.15) is 0 Å². The fourth-order valence-electron chi connectivity index (χ4n) is 3.10. The SMILES string of the molecule is O=P(c1ccccc1)(c1ccccc1)c1ccc(C2CC2)cc1. The topological polar surface area (TPSA) is 17.1 Å². The van der Waals surface area contributed by atoms with Crippen LogP contribution < -0.4 is 15.9 Å². The van der Waals surface area contributed by atoms with Crippen LogP contribution in [0.3, 0.4) is 0 Å². The quantitative estimate of drug-likeness (QED) is 0.659. The van der Waals surface area contributed by atoms with E-state index in [9.17, 15) is 4.57 Å². The molecule has 23 heavy (non-hydrogen) atoms. The maximum atomic E-state index is 14.1. The van der Waals surface area contributed by atoms with E-state index in [1.54, 1.807) is 0 Å². The van der Waals surface area contributed by atoms with Gasteiger partial charge in [0.1, 0.15) is 0 Å². The van der Waals surface area contributed by atoms with E-state index in [1.165, 1.54) is 18.4 Å². The number of rotatable bonds is 4. The molecule has 3 aromatic carbocycles. The van der Waals surface area contributed by atoms with Gasteiger partial charge in [0.2, 0.25) is 0 Å². The summed E-state index contributed by atoms with van der Waals surface area (Å²) in [4.78, 5) is 0. The maximum absolute atomic E-state index is 14.1. The molecule has 114 valence electrons. The van der Waals surface area contributed by atoms with Crippen molar-refractivity contribution in [1.82, 2.24) is 0 Å². The van der Waals surface area contributed by atoms with Gasteiger partial charge >= 0.3 is 0 Å². The highest BCUT2D eigenvalue weighted by molar-refractivity contribution is 7.85. The second kappa shape index (κ2) is 5.83. The van der Waals surface area contributed by atoms with E-state index in [0.29, 0.717) is 0 Å². The van der Waals surface area contributed by atoms with Crippen LogP contribution in [-0.4, -0.2) is 0 Å². The Balaban J connectivity index is 1.87. The molecule has 0 spiro atoms. The van der Waals surface area contributed by atoms with Crippen molar-refractivity contribution in [2.24, 2.45) is 0 Å². The minimum Gasteiger partial charge on any atom is -0.309 e. The van der Waals surface area contributed by atoms with Gasteiger partial charge in [-0.25, -0.2) is 0 Å². The van der Waals surface area contributed by atoms with Crippen molar-refractivity contribution in [2.45, 2.75) is 18.8 Å². The van der Waals surface area contributed by atoms with Gasteiger partial charge in [0.05, 0.1) is 0 Å². The molecule has 1 aliphatic carbocycles. The second-order valence-electron chi connectivity index (χ2n) is 6.15. The predicted molar refractivity (Wildman–Crippen MR) is 97.8 cm³/mol. The summed E-state index contributed by atoms with van der Waals surface area (Å²) >= 11 is 0. The predicted octanol–water partition coefficient (Wildman–Crippen LogP) is 4.20. The van der Waals surface area contributed by atoms with E-state index >= 15 is 0 Å². The van der Waals surface area contributed by atoms with Crippen molar-refractivity contribution >= 4 is 23.1 Å². The molecular formula is C21H19OP. The molecule has 1 fully saturated rings.